The molecule has 0 aliphatic carbocycles. The van der Waals surface area contributed by atoms with Crippen LogP contribution >= 0.6 is 11.6 Å². The predicted molar refractivity (Wildman–Crippen MR) is 105 cm³/mol. The zero-order valence-corrected chi connectivity index (χ0v) is 15.4. The smallest absolute Gasteiger partial charge is 0.269 e. The van der Waals surface area contributed by atoms with E-state index in [0.29, 0.717) is 29.4 Å². The number of rotatable bonds is 8. The molecule has 142 valence electrons. The van der Waals surface area contributed by atoms with Gasteiger partial charge in [-0.05, 0) is 36.8 Å². The molecule has 0 saturated carbocycles. The van der Waals surface area contributed by atoms with Gasteiger partial charge in [-0.1, -0.05) is 11.6 Å². The number of hydrogen-bond donors (Lipinski definition) is 3. The van der Waals surface area contributed by atoms with Crippen LogP contribution in [0.15, 0.2) is 42.5 Å². The molecule has 0 heterocycles. The molecule has 2 aromatic rings. The highest BCUT2D eigenvalue weighted by Crippen LogP contribution is 2.25. The van der Waals surface area contributed by atoms with Crippen LogP contribution in [0.4, 0.5) is 22.7 Å². The molecular formula is C18H19ClN4O4. The molecule has 0 aromatic heterocycles. The van der Waals surface area contributed by atoms with E-state index < -0.39 is 4.92 Å². The van der Waals surface area contributed by atoms with Crippen molar-refractivity contribution in [3.05, 3.63) is 57.6 Å². The first-order valence-electron chi connectivity index (χ1n) is 8.20. The van der Waals surface area contributed by atoms with Crippen molar-refractivity contribution in [3.8, 4) is 0 Å². The van der Waals surface area contributed by atoms with Gasteiger partial charge in [-0.25, -0.2) is 0 Å². The van der Waals surface area contributed by atoms with Crippen molar-refractivity contribution in [2.45, 2.75) is 19.8 Å². The maximum absolute atomic E-state index is 12.1. The number of carbonyl (C=O) groups is 2. The third kappa shape index (κ3) is 6.59. The molecule has 27 heavy (non-hydrogen) atoms. The average molecular weight is 391 g/mol. The fourth-order valence-corrected chi connectivity index (χ4v) is 2.46. The van der Waals surface area contributed by atoms with E-state index in [4.69, 9.17) is 11.6 Å². The number of hydrogen-bond acceptors (Lipinski definition) is 5. The van der Waals surface area contributed by atoms with Crippen molar-refractivity contribution in [2.24, 2.45) is 0 Å². The molecule has 2 aromatic carbocycles. The van der Waals surface area contributed by atoms with E-state index in [0.717, 1.165) is 5.69 Å². The van der Waals surface area contributed by atoms with Crippen molar-refractivity contribution in [1.29, 1.82) is 0 Å². The van der Waals surface area contributed by atoms with Crippen molar-refractivity contribution in [3.63, 3.8) is 0 Å². The molecule has 0 aliphatic heterocycles. The number of nitrogens with one attached hydrogen (secondary N) is 3. The molecule has 0 aliphatic rings. The van der Waals surface area contributed by atoms with Gasteiger partial charge in [-0.15, -0.1) is 0 Å². The van der Waals surface area contributed by atoms with E-state index in [1.54, 1.807) is 30.3 Å². The number of nitrogens with zero attached hydrogens (tertiary/aromatic N) is 1. The summed E-state index contributed by atoms with van der Waals surface area (Å²) in [5, 5.41) is 19.4. The molecule has 2 amide bonds. The molecular weight excluding hydrogens is 372 g/mol. The van der Waals surface area contributed by atoms with Crippen molar-refractivity contribution in [2.75, 3.05) is 22.5 Å². The monoisotopic (exact) mass is 390 g/mol. The lowest BCUT2D eigenvalue weighted by molar-refractivity contribution is -0.384. The topological polar surface area (TPSA) is 113 Å². The predicted octanol–water partition coefficient (Wildman–Crippen LogP) is 4.04. The number of non-ortho nitro benzene ring substituents is 1. The molecule has 0 fully saturated rings. The minimum atomic E-state index is -0.458. The van der Waals surface area contributed by atoms with E-state index in [1.165, 1.54) is 19.1 Å². The van der Waals surface area contributed by atoms with Gasteiger partial charge in [0, 0.05) is 43.4 Å². The Morgan fingerprint density at radius 2 is 1.74 bits per heavy atom. The summed E-state index contributed by atoms with van der Waals surface area (Å²) in [4.78, 5) is 33.3. The molecule has 0 bridgehead atoms. The van der Waals surface area contributed by atoms with Gasteiger partial charge in [-0.2, -0.15) is 0 Å². The molecule has 9 heteroatoms. The van der Waals surface area contributed by atoms with Crippen LogP contribution in [0, 0.1) is 10.1 Å². The van der Waals surface area contributed by atoms with Gasteiger partial charge in [0.05, 0.1) is 15.6 Å². The minimum Gasteiger partial charge on any atom is -0.385 e. The summed E-state index contributed by atoms with van der Waals surface area (Å²) in [5.41, 5.74) is 1.74. The Morgan fingerprint density at radius 3 is 2.37 bits per heavy atom. The van der Waals surface area contributed by atoms with Crippen molar-refractivity contribution >= 4 is 46.2 Å². The highest BCUT2D eigenvalue weighted by molar-refractivity contribution is 6.33. The highest BCUT2D eigenvalue weighted by Gasteiger charge is 2.08. The van der Waals surface area contributed by atoms with Gasteiger partial charge in [0.2, 0.25) is 11.8 Å². The van der Waals surface area contributed by atoms with Crippen LogP contribution in [-0.4, -0.2) is 23.3 Å². The molecule has 8 nitrogen and oxygen atoms in total. The lowest BCUT2D eigenvalue weighted by atomic mass is 10.2. The second-order valence-corrected chi connectivity index (χ2v) is 6.17. The third-order valence-electron chi connectivity index (χ3n) is 3.55. The van der Waals surface area contributed by atoms with Crippen LogP contribution < -0.4 is 16.0 Å². The number of nitro groups is 1. The second kappa shape index (κ2) is 9.54. The van der Waals surface area contributed by atoms with Crippen molar-refractivity contribution in [1.82, 2.24) is 0 Å². The maximum atomic E-state index is 12.1. The lowest BCUT2D eigenvalue weighted by Gasteiger charge is -2.10. The summed E-state index contributed by atoms with van der Waals surface area (Å²) in [6, 6.07) is 10.9. The van der Waals surface area contributed by atoms with E-state index >= 15 is 0 Å². The number of benzene rings is 2. The largest absolute Gasteiger partial charge is 0.385 e. The number of amides is 2. The molecule has 2 rings (SSSR count). The molecule has 0 atom stereocenters. The van der Waals surface area contributed by atoms with Crippen LogP contribution in [0.5, 0.6) is 0 Å². The molecule has 3 N–H and O–H groups in total. The molecule has 0 unspecified atom stereocenters. The Bertz CT molecular complexity index is 840. The first kappa shape index (κ1) is 20.2. The first-order valence-corrected chi connectivity index (χ1v) is 8.58. The average Bonchev–Trinajstić information content (AvgIpc) is 2.61. The van der Waals surface area contributed by atoms with Crippen LogP contribution in [0.25, 0.3) is 0 Å². The van der Waals surface area contributed by atoms with Crippen LogP contribution in [-0.2, 0) is 9.59 Å². The summed E-state index contributed by atoms with van der Waals surface area (Å²) in [5.74, 6) is -0.422. The Kier molecular flexibility index (Phi) is 7.13. The normalized spacial score (nSPS) is 10.1. The van der Waals surface area contributed by atoms with Crippen molar-refractivity contribution < 1.29 is 14.5 Å². The third-order valence-corrected chi connectivity index (χ3v) is 3.88. The summed E-state index contributed by atoms with van der Waals surface area (Å²) in [6.07, 6.45) is 0.826. The van der Waals surface area contributed by atoms with Gasteiger partial charge in [0.25, 0.3) is 5.69 Å². The molecule has 0 radical (unpaired) electrons. The minimum absolute atomic E-state index is 0.0262. The summed E-state index contributed by atoms with van der Waals surface area (Å²) < 4.78 is 0. The fraction of sp³-hybridized carbons (Fsp3) is 0.222. The zero-order chi connectivity index (χ0) is 19.8. The first-order chi connectivity index (χ1) is 12.8. The van der Waals surface area contributed by atoms with Gasteiger partial charge >= 0.3 is 0 Å². The van der Waals surface area contributed by atoms with Crippen LogP contribution in [0.2, 0.25) is 5.02 Å². The Morgan fingerprint density at radius 1 is 1.07 bits per heavy atom. The quantitative estimate of drug-likeness (QED) is 0.357. The number of nitro benzene ring substituents is 1. The highest BCUT2D eigenvalue weighted by atomic mass is 35.5. The number of carbonyl (C=O) groups excluding carboxylic acids is 2. The summed E-state index contributed by atoms with van der Waals surface area (Å²) >= 11 is 6.07. The van der Waals surface area contributed by atoms with E-state index in [9.17, 15) is 19.7 Å². The molecule has 0 spiro atoms. The summed E-state index contributed by atoms with van der Waals surface area (Å²) in [6.45, 7) is 1.93. The molecule has 0 saturated heterocycles. The zero-order valence-electron chi connectivity index (χ0n) is 14.6. The SMILES string of the molecule is CC(=O)Nc1ccc(Cl)c(NC(=O)CCCNc2ccc([N+](=O)[O-])cc2)c1. The second-order valence-electron chi connectivity index (χ2n) is 5.76. The van der Waals surface area contributed by atoms with E-state index in [1.807, 2.05) is 0 Å². The van der Waals surface area contributed by atoms with Gasteiger partial charge in [-0.3, -0.25) is 19.7 Å². The number of anilines is 3. The number of halogens is 1. The fourth-order valence-electron chi connectivity index (χ4n) is 2.30. The van der Waals surface area contributed by atoms with Gasteiger partial charge < -0.3 is 16.0 Å². The Balaban J connectivity index is 1.79. The summed E-state index contributed by atoms with van der Waals surface area (Å²) in [7, 11) is 0. The Hall–Kier alpha value is -3.13. The van der Waals surface area contributed by atoms with Crippen LogP contribution in [0.1, 0.15) is 19.8 Å². The van der Waals surface area contributed by atoms with Gasteiger partial charge in [0.1, 0.15) is 0 Å². The van der Waals surface area contributed by atoms with Crippen LogP contribution in [0.3, 0.4) is 0 Å². The standard InChI is InChI=1S/C18H19ClN4O4/c1-12(24)21-14-6-9-16(19)17(11-14)22-18(25)3-2-10-20-13-4-7-15(8-5-13)23(26)27/h4-9,11,20H,2-3,10H2,1H3,(H,21,24)(H,22,25). The lowest BCUT2D eigenvalue weighted by Crippen LogP contribution is -2.14. The Labute approximate surface area is 161 Å². The van der Waals surface area contributed by atoms with E-state index in [2.05, 4.69) is 16.0 Å². The van der Waals surface area contributed by atoms with Gasteiger partial charge in [0.15, 0.2) is 0 Å². The van der Waals surface area contributed by atoms with E-state index in [-0.39, 0.29) is 23.9 Å². The maximum Gasteiger partial charge on any atom is 0.269 e.